The lowest BCUT2D eigenvalue weighted by molar-refractivity contribution is -0.485. The molecular weight excluding hydrogens is 384 g/mol. The number of fused-ring (bicyclic) bond motifs is 5. The molecule has 0 aliphatic heterocycles. The van der Waals surface area contributed by atoms with Gasteiger partial charge in [0.15, 0.2) is 5.03 Å². The Labute approximate surface area is 190 Å². The molecule has 1 unspecified atom stereocenters. The van der Waals surface area contributed by atoms with Crippen LogP contribution in [0.4, 0.5) is 0 Å². The van der Waals surface area contributed by atoms with Crippen LogP contribution in [0.1, 0.15) is 112 Å². The van der Waals surface area contributed by atoms with E-state index < -0.39 is 5.03 Å². The van der Waals surface area contributed by atoms with Crippen molar-refractivity contribution in [3.05, 3.63) is 10.1 Å². The zero-order valence-corrected chi connectivity index (χ0v) is 20.7. The van der Waals surface area contributed by atoms with Crippen molar-refractivity contribution in [2.45, 2.75) is 112 Å². The molecule has 4 heteroatoms. The molecule has 0 aromatic heterocycles. The maximum atomic E-state index is 11.4. The number of hydrazone groups is 1. The molecule has 31 heavy (non-hydrogen) atoms. The molecule has 0 heterocycles. The Hall–Kier alpha value is -0.930. The van der Waals surface area contributed by atoms with Gasteiger partial charge in [-0.25, -0.2) is 10.1 Å². The van der Waals surface area contributed by atoms with E-state index in [4.69, 9.17) is 0 Å². The average molecular weight is 431 g/mol. The second-order valence-electron chi connectivity index (χ2n) is 12.7. The van der Waals surface area contributed by atoms with E-state index in [0.29, 0.717) is 17.3 Å². The molecule has 4 nitrogen and oxygen atoms in total. The monoisotopic (exact) mass is 430 g/mol. The van der Waals surface area contributed by atoms with Crippen LogP contribution in [0.3, 0.4) is 0 Å². The fraction of sp³-hybridized carbons (Fsp3) is 0.963. The van der Waals surface area contributed by atoms with Gasteiger partial charge < -0.3 is 0 Å². The molecule has 4 rings (SSSR count). The highest BCUT2D eigenvalue weighted by Crippen LogP contribution is 2.68. The van der Waals surface area contributed by atoms with Gasteiger partial charge in [-0.1, -0.05) is 66.7 Å². The van der Waals surface area contributed by atoms with Gasteiger partial charge in [0.1, 0.15) is 0 Å². The Morgan fingerprint density at radius 3 is 2.45 bits per heavy atom. The predicted molar refractivity (Wildman–Crippen MR) is 127 cm³/mol. The Kier molecular flexibility index (Phi) is 6.58. The molecule has 0 radical (unpaired) electrons. The minimum atomic E-state index is -0.402. The molecule has 0 amide bonds. The van der Waals surface area contributed by atoms with Crippen LogP contribution >= 0.6 is 0 Å². The first kappa shape index (κ1) is 23.2. The molecule has 8 atom stereocenters. The van der Waals surface area contributed by atoms with Crippen LogP contribution < -0.4 is 0 Å². The lowest BCUT2D eigenvalue weighted by Crippen LogP contribution is -2.56. The van der Waals surface area contributed by atoms with Gasteiger partial charge in [-0.3, -0.25) is 0 Å². The van der Waals surface area contributed by atoms with Crippen LogP contribution in [-0.2, 0) is 0 Å². The third-order valence-electron chi connectivity index (χ3n) is 10.8. The largest absolute Gasteiger partial charge is 0.233 e. The number of nitro groups is 1. The minimum Gasteiger partial charge on any atom is -0.233 e. The molecule has 176 valence electrons. The highest BCUT2D eigenvalue weighted by Gasteiger charge is 2.61. The van der Waals surface area contributed by atoms with Gasteiger partial charge in [0.05, 0.1) is 10.8 Å². The van der Waals surface area contributed by atoms with Crippen molar-refractivity contribution in [2.24, 2.45) is 57.4 Å². The number of nitrogens with zero attached hydrogens (tertiary/aromatic N) is 2. The molecule has 4 fully saturated rings. The first-order valence-corrected chi connectivity index (χ1v) is 13.4. The highest BCUT2D eigenvalue weighted by molar-refractivity contribution is 5.88. The lowest BCUT2D eigenvalue weighted by atomic mass is 9.44. The highest BCUT2D eigenvalue weighted by atomic mass is 16.7. The standard InChI is InChI=1S/C27H46N2O2/c1-18(2)9-8-10-19(3)21-12-13-22-20-17-25(28-29(30)31)24-11-6-7-15-26(24,4)23(20)14-16-27(21,22)5/h18-24H,6-17H2,1-5H3/b28-25+/t19-,20?,21-,22+,23+,24-,26-,27-/m1/s1. The minimum absolute atomic E-state index is 0.234. The average Bonchev–Trinajstić information content (AvgIpc) is 3.04. The van der Waals surface area contributed by atoms with Gasteiger partial charge in [-0.2, -0.15) is 0 Å². The molecule has 0 aromatic rings. The van der Waals surface area contributed by atoms with E-state index in [1.165, 1.54) is 64.2 Å². The number of hydrogen-bond donors (Lipinski definition) is 0. The van der Waals surface area contributed by atoms with E-state index in [0.717, 1.165) is 48.1 Å². The maximum Gasteiger partial charge on any atom is 0.190 e. The smallest absolute Gasteiger partial charge is 0.190 e. The summed E-state index contributed by atoms with van der Waals surface area (Å²) in [7, 11) is 0. The van der Waals surface area contributed by atoms with Crippen LogP contribution in [0.5, 0.6) is 0 Å². The quantitative estimate of drug-likeness (QED) is 0.319. The van der Waals surface area contributed by atoms with Crippen molar-refractivity contribution >= 4 is 5.71 Å². The lowest BCUT2D eigenvalue weighted by Gasteiger charge is -2.60. The molecule has 0 bridgehead atoms. The van der Waals surface area contributed by atoms with Crippen molar-refractivity contribution in [1.82, 2.24) is 0 Å². The van der Waals surface area contributed by atoms with E-state index in [1.54, 1.807) is 0 Å². The molecule has 4 saturated carbocycles. The maximum absolute atomic E-state index is 11.4. The second-order valence-corrected chi connectivity index (χ2v) is 12.7. The predicted octanol–water partition coefficient (Wildman–Crippen LogP) is 7.74. The Balaban J connectivity index is 1.57. The SMILES string of the molecule is CC(C)CCC[C@@H](C)[C@H]1CC[C@H]2C3C/C(=N\[N+](=O)[O-])[C@H]4CCCC[C@]4(C)[C@H]3CC[C@]12C. The summed E-state index contributed by atoms with van der Waals surface area (Å²) in [5.41, 5.74) is 1.61. The van der Waals surface area contributed by atoms with E-state index in [1.807, 2.05) is 0 Å². The molecular formula is C27H46N2O2. The number of rotatable bonds is 6. The molecule has 0 N–H and O–H groups in total. The second kappa shape index (κ2) is 8.78. The van der Waals surface area contributed by atoms with Crippen LogP contribution in [0.25, 0.3) is 0 Å². The zero-order chi connectivity index (χ0) is 22.4. The summed E-state index contributed by atoms with van der Waals surface area (Å²) in [5, 5.41) is 15.0. The molecule has 0 spiro atoms. The van der Waals surface area contributed by atoms with Gasteiger partial charge in [0.25, 0.3) is 0 Å². The van der Waals surface area contributed by atoms with Gasteiger partial charge in [-0.05, 0) is 91.3 Å². The van der Waals surface area contributed by atoms with Gasteiger partial charge in [-0.15, -0.1) is 0 Å². The third-order valence-corrected chi connectivity index (χ3v) is 10.8. The van der Waals surface area contributed by atoms with Crippen LogP contribution in [-0.4, -0.2) is 10.7 Å². The Morgan fingerprint density at radius 1 is 1.00 bits per heavy atom. The van der Waals surface area contributed by atoms with Crippen LogP contribution in [0.2, 0.25) is 0 Å². The molecule has 0 aromatic carbocycles. The zero-order valence-electron chi connectivity index (χ0n) is 20.7. The molecule has 4 aliphatic carbocycles. The molecule has 4 aliphatic rings. The van der Waals surface area contributed by atoms with Crippen LogP contribution in [0, 0.1) is 62.4 Å². The van der Waals surface area contributed by atoms with Gasteiger partial charge in [0, 0.05) is 5.92 Å². The first-order chi connectivity index (χ1) is 14.7. The summed E-state index contributed by atoms with van der Waals surface area (Å²) >= 11 is 0. The van der Waals surface area contributed by atoms with Gasteiger partial charge >= 0.3 is 0 Å². The fourth-order valence-corrected chi connectivity index (χ4v) is 9.36. The van der Waals surface area contributed by atoms with Crippen molar-refractivity contribution in [1.29, 1.82) is 0 Å². The van der Waals surface area contributed by atoms with E-state index in [2.05, 4.69) is 39.7 Å². The molecule has 0 saturated heterocycles. The third kappa shape index (κ3) is 4.10. The normalized spacial score (nSPS) is 44.6. The first-order valence-electron chi connectivity index (χ1n) is 13.4. The van der Waals surface area contributed by atoms with E-state index >= 15 is 0 Å². The van der Waals surface area contributed by atoms with Crippen LogP contribution in [0.15, 0.2) is 5.10 Å². The summed E-state index contributed by atoms with van der Waals surface area (Å²) in [6, 6.07) is 0. The van der Waals surface area contributed by atoms with E-state index in [9.17, 15) is 10.1 Å². The summed E-state index contributed by atoms with van der Waals surface area (Å²) in [5.74, 6) is 4.89. The van der Waals surface area contributed by atoms with Gasteiger partial charge in [0.2, 0.25) is 0 Å². The summed E-state index contributed by atoms with van der Waals surface area (Å²) < 4.78 is 0. The van der Waals surface area contributed by atoms with Crippen molar-refractivity contribution < 1.29 is 5.03 Å². The summed E-state index contributed by atoms with van der Waals surface area (Å²) in [6.07, 6.45) is 15.3. The Bertz CT molecular complexity index is 703. The van der Waals surface area contributed by atoms with Crippen molar-refractivity contribution in [2.75, 3.05) is 0 Å². The number of hydrogen-bond acceptors (Lipinski definition) is 2. The topological polar surface area (TPSA) is 55.5 Å². The Morgan fingerprint density at radius 2 is 1.74 bits per heavy atom. The summed E-state index contributed by atoms with van der Waals surface area (Å²) in [6.45, 7) is 12.3. The summed E-state index contributed by atoms with van der Waals surface area (Å²) in [4.78, 5) is 11.4. The van der Waals surface area contributed by atoms with E-state index in [-0.39, 0.29) is 5.41 Å². The fourth-order valence-electron chi connectivity index (χ4n) is 9.36. The van der Waals surface area contributed by atoms with Crippen molar-refractivity contribution in [3.63, 3.8) is 0 Å². The van der Waals surface area contributed by atoms with Crippen molar-refractivity contribution in [3.8, 4) is 0 Å².